The van der Waals surface area contributed by atoms with Crippen LogP contribution in [0.2, 0.25) is 0 Å². The molecule has 216 valence electrons. The van der Waals surface area contributed by atoms with Gasteiger partial charge in [0.1, 0.15) is 23.0 Å². The van der Waals surface area contributed by atoms with E-state index < -0.39 is 11.1 Å². The summed E-state index contributed by atoms with van der Waals surface area (Å²) >= 11 is -0.119. The van der Waals surface area contributed by atoms with Crippen molar-refractivity contribution in [2.24, 2.45) is 0 Å². The van der Waals surface area contributed by atoms with Gasteiger partial charge in [-0.3, -0.25) is 0 Å². The van der Waals surface area contributed by atoms with Crippen molar-refractivity contribution in [3.05, 3.63) is 69.4 Å². The van der Waals surface area contributed by atoms with E-state index in [4.69, 9.17) is 14.0 Å². The van der Waals surface area contributed by atoms with Crippen molar-refractivity contribution in [2.45, 2.75) is 70.8 Å². The van der Waals surface area contributed by atoms with Gasteiger partial charge in [-0.2, -0.15) is 0 Å². The highest BCUT2D eigenvalue weighted by Crippen LogP contribution is 2.43. The summed E-state index contributed by atoms with van der Waals surface area (Å²) in [5.41, 5.74) is 5.55. The smallest absolute Gasteiger partial charge is 0.348 e. The molecule has 1 saturated carbocycles. The first kappa shape index (κ1) is 29.8. The van der Waals surface area contributed by atoms with Crippen molar-refractivity contribution in [1.29, 1.82) is 0 Å². The number of aromatic hydroxyl groups is 1. The summed E-state index contributed by atoms with van der Waals surface area (Å²) in [7, 11) is 1.57. The molecule has 40 heavy (non-hydrogen) atoms. The number of allylic oxidation sites excluding steroid dienone is 1. The molecule has 1 aliphatic carbocycles. The average molecular weight is 586 g/mol. The lowest BCUT2D eigenvalue weighted by molar-refractivity contribution is 0.0479. The third-order valence-electron chi connectivity index (χ3n) is 7.09. The maximum atomic E-state index is 12.7. The van der Waals surface area contributed by atoms with E-state index in [1.54, 1.807) is 25.3 Å². The van der Waals surface area contributed by atoms with Gasteiger partial charge < -0.3 is 24.4 Å². The molecule has 1 aromatic heterocycles. The van der Waals surface area contributed by atoms with Crippen LogP contribution in [0.1, 0.15) is 73.6 Å². The molecule has 2 aliphatic rings. The number of anilines is 1. The molecule has 9 heteroatoms. The average Bonchev–Trinajstić information content (AvgIpc) is 3.59. The van der Waals surface area contributed by atoms with Crippen molar-refractivity contribution in [3.8, 4) is 22.6 Å². The van der Waals surface area contributed by atoms with E-state index in [1.807, 2.05) is 31.2 Å². The van der Waals surface area contributed by atoms with Crippen LogP contribution < -0.4 is 10.1 Å². The number of phenols is 1. The summed E-state index contributed by atoms with van der Waals surface area (Å²) < 4.78 is 30.2. The molecule has 0 spiro atoms. The molecule has 1 atom stereocenters. The zero-order valence-corrected chi connectivity index (χ0v) is 25.2. The van der Waals surface area contributed by atoms with Crippen LogP contribution in [0.25, 0.3) is 16.7 Å². The molecule has 1 unspecified atom stereocenters. The topological polar surface area (TPSA) is 105 Å². The Bertz CT molecular complexity index is 1440. The number of hydrogen-bond acceptors (Lipinski definition) is 7. The second kappa shape index (κ2) is 12.6. The van der Waals surface area contributed by atoms with Crippen molar-refractivity contribution >= 4 is 39.6 Å². The summed E-state index contributed by atoms with van der Waals surface area (Å²) in [6, 6.07) is 12.8. The molecule has 0 saturated heterocycles. The van der Waals surface area contributed by atoms with Crippen LogP contribution >= 0.6 is 11.3 Å². The van der Waals surface area contributed by atoms with Crippen LogP contribution in [0.4, 0.5) is 5.69 Å². The third-order valence-corrected chi connectivity index (χ3v) is 9.12. The number of hydrogen-bond donors (Lipinski definition) is 3. The van der Waals surface area contributed by atoms with Gasteiger partial charge in [0.15, 0.2) is 11.1 Å². The minimum atomic E-state index is -1.54. The maximum Gasteiger partial charge on any atom is 0.348 e. The second-order valence-electron chi connectivity index (χ2n) is 10.7. The van der Waals surface area contributed by atoms with E-state index in [2.05, 4.69) is 32.2 Å². The highest BCUT2D eigenvalue weighted by molar-refractivity contribution is 7.79. The first-order valence-electron chi connectivity index (χ1n) is 13.3. The fourth-order valence-corrected chi connectivity index (χ4v) is 6.84. The van der Waals surface area contributed by atoms with E-state index in [0.29, 0.717) is 10.6 Å². The second-order valence-corrected chi connectivity index (χ2v) is 13.2. The standard InChI is InChI=1S/C26H27NO4S.C5H10O2S.H2/c1-15-13-26(3,4)27-21-10-9-18(19-8-7-17(28)12-22(19)30-5)20(24(15)21)14-31-25(29)23-11-6-16(2)32-23;6-8(7)5-3-1-2-4-5;/h6-13,27-28H,14H2,1-5H3;5H,1-4H2,(H,6,7);1H. The zero-order valence-electron chi connectivity index (χ0n) is 23.6. The Kier molecular flexibility index (Phi) is 9.38. The number of ether oxygens (including phenoxy) is 2. The number of benzene rings is 2. The molecule has 2 heterocycles. The Hall–Kier alpha value is -3.14. The van der Waals surface area contributed by atoms with Crippen LogP contribution in [-0.2, 0) is 22.4 Å². The Morgan fingerprint density at radius 1 is 1.12 bits per heavy atom. The van der Waals surface area contributed by atoms with Crippen molar-refractivity contribution in [1.82, 2.24) is 0 Å². The van der Waals surface area contributed by atoms with Crippen LogP contribution in [0.5, 0.6) is 11.5 Å². The highest BCUT2D eigenvalue weighted by atomic mass is 32.2. The van der Waals surface area contributed by atoms with Crippen molar-refractivity contribution < 1.29 is 29.6 Å². The highest BCUT2D eigenvalue weighted by Gasteiger charge is 2.27. The van der Waals surface area contributed by atoms with Gasteiger partial charge in [0.2, 0.25) is 0 Å². The van der Waals surface area contributed by atoms with Crippen LogP contribution in [0.15, 0.2) is 48.5 Å². The number of carbonyl (C=O) groups excluding carboxylic acids is 1. The van der Waals surface area contributed by atoms with Gasteiger partial charge in [-0.1, -0.05) is 25.0 Å². The first-order valence-corrected chi connectivity index (χ1v) is 15.3. The largest absolute Gasteiger partial charge is 0.508 e. The molecule has 3 aromatic rings. The Morgan fingerprint density at radius 2 is 1.82 bits per heavy atom. The monoisotopic (exact) mass is 585 g/mol. The molecule has 0 bridgehead atoms. The quantitative estimate of drug-likeness (QED) is 0.200. The van der Waals surface area contributed by atoms with E-state index in [9.17, 15) is 14.1 Å². The van der Waals surface area contributed by atoms with E-state index in [-0.39, 0.29) is 30.5 Å². The molecular formula is C31H39NO6S2. The van der Waals surface area contributed by atoms with E-state index >= 15 is 0 Å². The summed E-state index contributed by atoms with van der Waals surface area (Å²) in [4.78, 5) is 14.3. The molecule has 0 radical (unpaired) electrons. The minimum absolute atomic E-state index is 0. The lowest BCUT2D eigenvalue weighted by Gasteiger charge is -2.33. The molecule has 7 nitrogen and oxygen atoms in total. The lowest BCUT2D eigenvalue weighted by Crippen LogP contribution is -2.32. The van der Waals surface area contributed by atoms with Gasteiger partial charge in [-0.25, -0.2) is 9.00 Å². The predicted molar refractivity (Wildman–Crippen MR) is 165 cm³/mol. The number of carbonyl (C=O) groups is 1. The number of esters is 1. The van der Waals surface area contributed by atoms with Gasteiger partial charge >= 0.3 is 5.97 Å². The third kappa shape index (κ3) is 6.95. The minimum Gasteiger partial charge on any atom is -0.508 e. The van der Waals surface area contributed by atoms with Crippen LogP contribution in [-0.4, -0.2) is 37.7 Å². The molecule has 0 amide bonds. The van der Waals surface area contributed by atoms with Crippen LogP contribution in [0.3, 0.4) is 0 Å². The van der Waals surface area contributed by atoms with E-state index in [1.165, 1.54) is 11.3 Å². The molecule has 5 rings (SSSR count). The number of methoxy groups -OCH3 is 1. The molecule has 1 aliphatic heterocycles. The molecule has 2 aromatic carbocycles. The maximum absolute atomic E-state index is 12.7. The fourth-order valence-electron chi connectivity index (χ4n) is 5.35. The fraction of sp³-hybridized carbons (Fsp3) is 0.387. The van der Waals surface area contributed by atoms with Crippen LogP contribution in [0, 0.1) is 6.92 Å². The molecule has 1 fully saturated rings. The van der Waals surface area contributed by atoms with E-state index in [0.717, 1.165) is 64.1 Å². The summed E-state index contributed by atoms with van der Waals surface area (Å²) in [6.07, 6.45) is 6.35. The van der Waals surface area contributed by atoms with Crippen molar-refractivity contribution in [2.75, 3.05) is 12.4 Å². The number of rotatable bonds is 6. The summed E-state index contributed by atoms with van der Waals surface area (Å²) in [6.45, 7) is 8.40. The molecule has 3 N–H and O–H groups in total. The van der Waals surface area contributed by atoms with Gasteiger partial charge in [0.05, 0.1) is 17.9 Å². The Balaban J connectivity index is 0.000000444. The zero-order chi connectivity index (χ0) is 29.0. The molecular weight excluding hydrogens is 546 g/mol. The number of thiophene rings is 1. The SMILES string of the molecule is COc1cc(O)ccc1-c1ccc2c(c1COC(=O)c1ccc(C)s1)C(C)=CC(C)(C)N2.O=S(O)C1CCCC1.[HH]. The summed E-state index contributed by atoms with van der Waals surface area (Å²) in [5.74, 6) is 0.344. The Morgan fingerprint density at radius 3 is 2.42 bits per heavy atom. The summed E-state index contributed by atoms with van der Waals surface area (Å²) in [5, 5.41) is 13.6. The lowest BCUT2D eigenvalue weighted by atomic mass is 9.85. The normalized spacial score (nSPS) is 16.6. The van der Waals surface area contributed by atoms with Gasteiger partial charge in [0, 0.05) is 34.7 Å². The van der Waals surface area contributed by atoms with Gasteiger partial charge in [-0.05, 0) is 82.0 Å². The number of phenolic OH excluding ortho intramolecular Hbond substituents is 1. The number of fused-ring (bicyclic) bond motifs is 1. The number of aryl methyl sites for hydroxylation is 1. The van der Waals surface area contributed by atoms with Gasteiger partial charge in [0.25, 0.3) is 0 Å². The van der Waals surface area contributed by atoms with Crippen molar-refractivity contribution in [3.63, 3.8) is 0 Å². The predicted octanol–water partition coefficient (Wildman–Crippen LogP) is 7.80. The first-order chi connectivity index (χ1) is 19.0. The van der Waals surface area contributed by atoms with Gasteiger partial charge in [-0.15, -0.1) is 11.3 Å². The number of nitrogens with one attached hydrogen (secondary N) is 1. The Labute approximate surface area is 244 Å².